The minimum absolute atomic E-state index is 0.134. The highest BCUT2D eigenvalue weighted by Crippen LogP contribution is 2.29. The van der Waals surface area contributed by atoms with E-state index in [2.05, 4.69) is 4.98 Å². The molecule has 0 radical (unpaired) electrons. The lowest BCUT2D eigenvalue weighted by Gasteiger charge is -2.26. The highest BCUT2D eigenvalue weighted by Gasteiger charge is 2.28. The number of aromatic nitrogens is 1. The van der Waals surface area contributed by atoms with Crippen molar-refractivity contribution in [1.82, 2.24) is 9.88 Å². The van der Waals surface area contributed by atoms with Crippen LogP contribution < -0.4 is 9.47 Å². The molecule has 0 saturated carbocycles. The van der Waals surface area contributed by atoms with E-state index in [4.69, 9.17) is 23.7 Å². The number of Topliss-reactive ketones (excluding diaryl/α,β-unsaturated/α-hetero) is 1. The molecule has 2 aromatic rings. The number of carbonyl (C=O) groups excluding carboxylic acids is 4. The van der Waals surface area contributed by atoms with E-state index in [1.54, 1.807) is 25.7 Å². The molecule has 0 aliphatic carbocycles. The Morgan fingerprint density at radius 3 is 2.43 bits per heavy atom. The van der Waals surface area contributed by atoms with Gasteiger partial charge in [-0.15, -0.1) is 0 Å². The number of esters is 2. The summed E-state index contributed by atoms with van der Waals surface area (Å²) in [5.41, 5.74) is 1.52. The van der Waals surface area contributed by atoms with Crippen LogP contribution >= 0.6 is 0 Å². The van der Waals surface area contributed by atoms with Crippen LogP contribution in [0.4, 0.5) is 0 Å². The Kier molecular flexibility index (Phi) is 9.29. The van der Waals surface area contributed by atoms with Crippen molar-refractivity contribution in [2.45, 2.75) is 33.8 Å². The first-order valence-electron chi connectivity index (χ1n) is 12.0. The molecule has 11 nitrogen and oxygen atoms in total. The van der Waals surface area contributed by atoms with E-state index in [1.165, 1.54) is 32.2 Å². The second-order valence-electron chi connectivity index (χ2n) is 8.40. The normalized spacial score (nSPS) is 14.0. The van der Waals surface area contributed by atoms with Gasteiger partial charge in [-0.1, -0.05) is 0 Å². The van der Waals surface area contributed by atoms with E-state index < -0.39 is 23.8 Å². The van der Waals surface area contributed by atoms with Gasteiger partial charge < -0.3 is 33.6 Å². The van der Waals surface area contributed by atoms with Crippen molar-refractivity contribution in [2.24, 2.45) is 0 Å². The van der Waals surface area contributed by atoms with Crippen LogP contribution in [0.5, 0.6) is 11.5 Å². The molecule has 1 aromatic heterocycles. The van der Waals surface area contributed by atoms with Gasteiger partial charge >= 0.3 is 11.9 Å². The van der Waals surface area contributed by atoms with Crippen LogP contribution in [-0.2, 0) is 19.0 Å². The molecule has 1 aliphatic rings. The number of amides is 1. The summed E-state index contributed by atoms with van der Waals surface area (Å²) in [6.45, 7) is 8.45. The van der Waals surface area contributed by atoms with Gasteiger partial charge in [-0.3, -0.25) is 9.59 Å². The number of benzene rings is 1. The molecule has 3 rings (SSSR count). The fourth-order valence-electron chi connectivity index (χ4n) is 3.95. The summed E-state index contributed by atoms with van der Waals surface area (Å²) in [6.07, 6.45) is -1.13. The third-order valence-electron chi connectivity index (χ3n) is 5.93. The number of ether oxygens (including phenoxy) is 5. The zero-order valence-corrected chi connectivity index (χ0v) is 21.7. The van der Waals surface area contributed by atoms with Gasteiger partial charge in [0.2, 0.25) is 5.78 Å². The van der Waals surface area contributed by atoms with Gasteiger partial charge in [-0.2, -0.15) is 0 Å². The Hall–Kier alpha value is -3.86. The number of rotatable bonds is 10. The van der Waals surface area contributed by atoms with E-state index in [0.29, 0.717) is 37.6 Å². The molecule has 0 bridgehead atoms. The van der Waals surface area contributed by atoms with Gasteiger partial charge in [0, 0.05) is 18.8 Å². The van der Waals surface area contributed by atoms with E-state index in [-0.39, 0.29) is 47.4 Å². The van der Waals surface area contributed by atoms with Crippen LogP contribution in [0, 0.1) is 13.8 Å². The fraction of sp³-hybridized carbons (Fsp3) is 0.462. The maximum Gasteiger partial charge on any atom is 0.340 e. The molecular weight excluding hydrogens is 484 g/mol. The van der Waals surface area contributed by atoms with Crippen molar-refractivity contribution < 1.29 is 42.9 Å². The molecule has 1 unspecified atom stereocenters. The van der Waals surface area contributed by atoms with Crippen molar-refractivity contribution in [3.05, 3.63) is 46.3 Å². The minimum Gasteiger partial charge on any atom is -0.493 e. The summed E-state index contributed by atoms with van der Waals surface area (Å²) in [6, 6.07) is 4.37. The quantitative estimate of drug-likeness (QED) is 0.373. The molecule has 11 heteroatoms. The second kappa shape index (κ2) is 12.4. The monoisotopic (exact) mass is 516 g/mol. The van der Waals surface area contributed by atoms with E-state index in [0.717, 1.165) is 0 Å². The molecule has 2 heterocycles. The van der Waals surface area contributed by atoms with Gasteiger partial charge in [-0.25, -0.2) is 9.59 Å². The summed E-state index contributed by atoms with van der Waals surface area (Å²) in [5.74, 6) is -1.42. The zero-order valence-electron chi connectivity index (χ0n) is 21.7. The predicted octanol–water partition coefficient (Wildman–Crippen LogP) is 2.48. The molecule has 0 spiro atoms. The van der Waals surface area contributed by atoms with Crippen molar-refractivity contribution in [1.29, 1.82) is 0 Å². The number of nitrogens with one attached hydrogen (secondary N) is 1. The van der Waals surface area contributed by atoms with Crippen molar-refractivity contribution in [3.63, 3.8) is 0 Å². The summed E-state index contributed by atoms with van der Waals surface area (Å²) >= 11 is 0. The van der Waals surface area contributed by atoms with Crippen LogP contribution in [0.1, 0.15) is 56.3 Å². The van der Waals surface area contributed by atoms with Crippen LogP contribution in [0.25, 0.3) is 0 Å². The standard InChI is InChI=1S/C26H32N2O9/c1-6-35-26(32)22-15(2)23(27-16(22)3)24(30)17(4)37-25(31)18-7-8-19(20(13-18)33-5)36-14-21(29)28-9-11-34-12-10-28/h7-8,13,17,27H,6,9-12,14H2,1-5H3. The molecule has 1 aromatic carbocycles. The molecule has 1 fully saturated rings. The smallest absolute Gasteiger partial charge is 0.340 e. The molecule has 1 atom stereocenters. The average molecular weight is 517 g/mol. The molecular formula is C26H32N2O9. The summed E-state index contributed by atoms with van der Waals surface area (Å²) in [5, 5.41) is 0. The lowest BCUT2D eigenvalue weighted by atomic mass is 10.1. The number of morpholine rings is 1. The molecule has 1 aliphatic heterocycles. The van der Waals surface area contributed by atoms with Crippen LogP contribution in [0.3, 0.4) is 0 Å². The van der Waals surface area contributed by atoms with Crippen LogP contribution in [-0.4, -0.2) is 86.2 Å². The first-order chi connectivity index (χ1) is 17.7. The van der Waals surface area contributed by atoms with Gasteiger partial charge in [0.25, 0.3) is 5.91 Å². The highest BCUT2D eigenvalue weighted by molar-refractivity contribution is 6.04. The van der Waals surface area contributed by atoms with E-state index in [9.17, 15) is 19.2 Å². The second-order valence-corrected chi connectivity index (χ2v) is 8.40. The number of hydrogen-bond acceptors (Lipinski definition) is 9. The van der Waals surface area contributed by atoms with Gasteiger partial charge in [-0.05, 0) is 51.5 Å². The number of carbonyl (C=O) groups is 4. The average Bonchev–Trinajstić information content (AvgIpc) is 3.20. The molecule has 200 valence electrons. The number of H-pyrrole nitrogens is 1. The summed E-state index contributed by atoms with van der Waals surface area (Å²) < 4.78 is 26.6. The van der Waals surface area contributed by atoms with Crippen LogP contribution in [0.2, 0.25) is 0 Å². The number of nitrogens with zero attached hydrogens (tertiary/aromatic N) is 1. The number of ketones is 1. The topological polar surface area (TPSA) is 133 Å². The number of aryl methyl sites for hydroxylation is 1. The van der Waals surface area contributed by atoms with E-state index in [1.807, 2.05) is 0 Å². The van der Waals surface area contributed by atoms with Gasteiger partial charge in [0.1, 0.15) is 0 Å². The van der Waals surface area contributed by atoms with Crippen molar-refractivity contribution in [3.8, 4) is 11.5 Å². The Morgan fingerprint density at radius 2 is 1.78 bits per heavy atom. The summed E-state index contributed by atoms with van der Waals surface area (Å²) in [7, 11) is 1.41. The zero-order chi connectivity index (χ0) is 27.1. The van der Waals surface area contributed by atoms with Crippen molar-refractivity contribution >= 4 is 23.6 Å². The predicted molar refractivity (Wildman–Crippen MR) is 131 cm³/mol. The van der Waals surface area contributed by atoms with Crippen LogP contribution in [0.15, 0.2) is 18.2 Å². The lowest BCUT2D eigenvalue weighted by molar-refractivity contribution is -0.137. The first kappa shape index (κ1) is 27.7. The largest absolute Gasteiger partial charge is 0.493 e. The SMILES string of the molecule is CCOC(=O)c1c(C)[nH]c(C(=O)C(C)OC(=O)c2ccc(OCC(=O)N3CCOCC3)c(OC)c2)c1C. The van der Waals surface area contributed by atoms with E-state index >= 15 is 0 Å². The first-order valence-corrected chi connectivity index (χ1v) is 12.0. The Balaban J connectivity index is 1.66. The third-order valence-corrected chi connectivity index (χ3v) is 5.93. The number of methoxy groups -OCH3 is 1. The third kappa shape index (κ3) is 6.48. The Bertz CT molecular complexity index is 1170. The maximum absolute atomic E-state index is 13.0. The molecule has 1 N–H and O–H groups in total. The highest BCUT2D eigenvalue weighted by atomic mass is 16.5. The van der Waals surface area contributed by atoms with Crippen molar-refractivity contribution in [2.75, 3.05) is 46.6 Å². The fourth-order valence-corrected chi connectivity index (χ4v) is 3.95. The lowest BCUT2D eigenvalue weighted by Crippen LogP contribution is -2.43. The number of aromatic amines is 1. The van der Waals surface area contributed by atoms with Gasteiger partial charge in [0.15, 0.2) is 24.2 Å². The summed E-state index contributed by atoms with van der Waals surface area (Å²) in [4.78, 5) is 54.9. The molecule has 37 heavy (non-hydrogen) atoms. The minimum atomic E-state index is -1.13. The Morgan fingerprint density at radius 1 is 1.08 bits per heavy atom. The number of hydrogen-bond donors (Lipinski definition) is 1. The molecule has 1 amide bonds. The maximum atomic E-state index is 13.0. The molecule has 1 saturated heterocycles. The van der Waals surface area contributed by atoms with Gasteiger partial charge in [0.05, 0.1) is 43.8 Å². The Labute approximate surface area is 215 Å².